The van der Waals surface area contributed by atoms with E-state index in [0.29, 0.717) is 11.2 Å². The Morgan fingerprint density at radius 3 is 2.72 bits per heavy atom. The van der Waals surface area contributed by atoms with Crippen molar-refractivity contribution < 1.29 is 10.2 Å². The van der Waals surface area contributed by atoms with E-state index in [1.54, 1.807) is 10.6 Å². The van der Waals surface area contributed by atoms with Crippen molar-refractivity contribution in [2.24, 2.45) is 0 Å². The number of hydrogen-bond acceptors (Lipinski definition) is 6. The van der Waals surface area contributed by atoms with Gasteiger partial charge in [-0.2, -0.15) is 0 Å². The van der Waals surface area contributed by atoms with E-state index in [2.05, 4.69) is 15.0 Å². The highest BCUT2D eigenvalue weighted by Gasteiger charge is 2.35. The van der Waals surface area contributed by atoms with Gasteiger partial charge in [-0.15, -0.1) is 0 Å². The molecule has 8 heteroatoms. The number of halogens is 1. The van der Waals surface area contributed by atoms with Gasteiger partial charge in [0.2, 0.25) is 0 Å². The summed E-state index contributed by atoms with van der Waals surface area (Å²) in [5, 5.41) is 19.7. The van der Waals surface area contributed by atoms with Gasteiger partial charge in [0.25, 0.3) is 0 Å². The normalized spacial score (nSPS) is 27.7. The molecule has 1 aliphatic carbocycles. The van der Waals surface area contributed by atoms with Crippen LogP contribution in [0.2, 0.25) is 0 Å². The Bertz CT molecular complexity index is 640. The Kier molecular flexibility index (Phi) is 2.47. The van der Waals surface area contributed by atoms with Crippen LogP contribution in [0.3, 0.4) is 0 Å². The SMILES string of the molecule is Nc1ncnc2c1ncn2[C@@H]1C=C(Cl)[C@@H](O)[C@H]1O. The number of rotatable bonds is 1. The van der Waals surface area contributed by atoms with Gasteiger partial charge >= 0.3 is 0 Å². The third kappa shape index (κ3) is 1.48. The van der Waals surface area contributed by atoms with Gasteiger partial charge in [0.15, 0.2) is 11.5 Å². The lowest BCUT2D eigenvalue weighted by atomic mass is 10.2. The van der Waals surface area contributed by atoms with Gasteiger partial charge in [-0.1, -0.05) is 11.6 Å². The fourth-order valence-corrected chi connectivity index (χ4v) is 2.30. The smallest absolute Gasteiger partial charge is 0.166 e. The number of nitrogens with two attached hydrogens (primary N) is 1. The molecule has 0 spiro atoms. The zero-order valence-corrected chi connectivity index (χ0v) is 9.86. The zero-order valence-electron chi connectivity index (χ0n) is 9.10. The van der Waals surface area contributed by atoms with Crippen LogP contribution in [0, 0.1) is 0 Å². The van der Waals surface area contributed by atoms with E-state index in [4.69, 9.17) is 17.3 Å². The molecule has 0 aromatic carbocycles. The molecule has 0 saturated carbocycles. The molecule has 94 valence electrons. The zero-order chi connectivity index (χ0) is 12.9. The Morgan fingerprint density at radius 2 is 2.06 bits per heavy atom. The molecule has 0 radical (unpaired) electrons. The summed E-state index contributed by atoms with van der Waals surface area (Å²) in [7, 11) is 0. The van der Waals surface area contributed by atoms with Crippen LogP contribution in [0.5, 0.6) is 0 Å². The molecule has 0 fully saturated rings. The monoisotopic (exact) mass is 267 g/mol. The van der Waals surface area contributed by atoms with E-state index in [1.165, 1.54) is 12.7 Å². The maximum Gasteiger partial charge on any atom is 0.166 e. The lowest BCUT2D eigenvalue weighted by molar-refractivity contribution is 0.0357. The van der Waals surface area contributed by atoms with E-state index < -0.39 is 18.2 Å². The van der Waals surface area contributed by atoms with Crippen LogP contribution in [-0.4, -0.2) is 41.9 Å². The average molecular weight is 268 g/mol. The predicted molar refractivity (Wildman–Crippen MR) is 64.7 cm³/mol. The number of fused-ring (bicyclic) bond motifs is 1. The van der Waals surface area contributed by atoms with Crippen LogP contribution in [0.4, 0.5) is 5.82 Å². The van der Waals surface area contributed by atoms with Crippen LogP contribution in [0.15, 0.2) is 23.8 Å². The van der Waals surface area contributed by atoms with Crippen LogP contribution >= 0.6 is 11.6 Å². The molecule has 2 aromatic rings. The Labute approximate surface area is 107 Å². The number of aliphatic hydroxyl groups excluding tert-OH is 2. The molecule has 7 nitrogen and oxygen atoms in total. The van der Waals surface area contributed by atoms with Crippen LogP contribution in [-0.2, 0) is 0 Å². The molecular weight excluding hydrogens is 258 g/mol. The van der Waals surface area contributed by atoms with Gasteiger partial charge in [-0.25, -0.2) is 15.0 Å². The van der Waals surface area contributed by atoms with Gasteiger partial charge in [0.05, 0.1) is 12.4 Å². The van der Waals surface area contributed by atoms with Crippen molar-refractivity contribution in [3.63, 3.8) is 0 Å². The van der Waals surface area contributed by atoms with Crippen molar-refractivity contribution in [1.29, 1.82) is 0 Å². The molecule has 0 saturated heterocycles. The molecule has 4 N–H and O–H groups in total. The summed E-state index contributed by atoms with van der Waals surface area (Å²) in [5.41, 5.74) is 6.62. The van der Waals surface area contributed by atoms with E-state index in [-0.39, 0.29) is 10.9 Å². The standard InChI is InChI=1S/C10H10ClN5O2/c11-4-1-5(8(18)7(4)17)16-3-15-6-9(12)13-2-14-10(6)16/h1-3,5,7-8,17-18H,(H2,12,13,14)/t5-,7-,8+/m1/s1. The molecule has 3 rings (SSSR count). The molecule has 18 heavy (non-hydrogen) atoms. The molecule has 0 unspecified atom stereocenters. The first-order chi connectivity index (χ1) is 8.59. The molecule has 0 bridgehead atoms. The van der Waals surface area contributed by atoms with Gasteiger partial charge in [0.1, 0.15) is 24.1 Å². The summed E-state index contributed by atoms with van der Waals surface area (Å²) in [5.74, 6) is 0.266. The quantitative estimate of drug-likeness (QED) is 0.660. The highest BCUT2D eigenvalue weighted by atomic mass is 35.5. The lowest BCUT2D eigenvalue weighted by Crippen LogP contribution is -2.28. The first-order valence-corrected chi connectivity index (χ1v) is 5.63. The summed E-state index contributed by atoms with van der Waals surface area (Å²) in [6.45, 7) is 0. The first kappa shape index (κ1) is 11.4. The summed E-state index contributed by atoms with van der Waals surface area (Å²) >= 11 is 5.81. The van der Waals surface area contributed by atoms with Crippen molar-refractivity contribution in [3.05, 3.63) is 23.8 Å². The number of aliphatic hydroxyl groups is 2. The first-order valence-electron chi connectivity index (χ1n) is 5.26. The maximum absolute atomic E-state index is 9.92. The van der Waals surface area contributed by atoms with Gasteiger partial charge in [-0.05, 0) is 6.08 Å². The van der Waals surface area contributed by atoms with Gasteiger partial charge < -0.3 is 20.5 Å². The third-order valence-corrected chi connectivity index (χ3v) is 3.34. The Morgan fingerprint density at radius 1 is 1.28 bits per heavy atom. The molecular formula is C10H10ClN5O2. The van der Waals surface area contributed by atoms with Crippen molar-refractivity contribution >= 4 is 28.6 Å². The van der Waals surface area contributed by atoms with E-state index in [0.717, 1.165) is 0 Å². The number of nitrogens with zero attached hydrogens (tertiary/aromatic N) is 4. The summed E-state index contributed by atoms with van der Waals surface area (Å²) < 4.78 is 1.61. The van der Waals surface area contributed by atoms with Gasteiger partial charge in [0, 0.05) is 5.03 Å². The molecule has 0 amide bonds. The topological polar surface area (TPSA) is 110 Å². The summed E-state index contributed by atoms with van der Waals surface area (Å²) in [6.07, 6.45) is 2.25. The van der Waals surface area contributed by atoms with Crippen molar-refractivity contribution in [1.82, 2.24) is 19.5 Å². The highest BCUT2D eigenvalue weighted by Crippen LogP contribution is 2.33. The van der Waals surface area contributed by atoms with Crippen LogP contribution < -0.4 is 5.73 Å². The van der Waals surface area contributed by atoms with Gasteiger partial charge in [-0.3, -0.25) is 0 Å². The molecule has 2 aromatic heterocycles. The highest BCUT2D eigenvalue weighted by molar-refractivity contribution is 6.30. The number of aromatic nitrogens is 4. The molecule has 1 aliphatic rings. The third-order valence-electron chi connectivity index (χ3n) is 2.99. The number of nitrogen functional groups attached to an aromatic ring is 1. The van der Waals surface area contributed by atoms with E-state index in [1.807, 2.05) is 0 Å². The summed E-state index contributed by atoms with van der Waals surface area (Å²) in [4.78, 5) is 12.0. The predicted octanol–water partition coefficient (Wildman–Crippen LogP) is -0.192. The summed E-state index contributed by atoms with van der Waals surface area (Å²) in [6, 6.07) is -0.521. The van der Waals surface area contributed by atoms with Crippen molar-refractivity contribution in [3.8, 4) is 0 Å². The fraction of sp³-hybridized carbons (Fsp3) is 0.300. The van der Waals surface area contributed by atoms with Crippen molar-refractivity contribution in [2.45, 2.75) is 18.2 Å². The molecule has 2 heterocycles. The minimum Gasteiger partial charge on any atom is -0.388 e. The minimum atomic E-state index is -1.09. The lowest BCUT2D eigenvalue weighted by Gasteiger charge is -2.18. The number of imidazole rings is 1. The number of anilines is 1. The largest absolute Gasteiger partial charge is 0.388 e. The van der Waals surface area contributed by atoms with Crippen LogP contribution in [0.1, 0.15) is 6.04 Å². The molecule has 3 atom stereocenters. The second kappa shape index (κ2) is 3.91. The van der Waals surface area contributed by atoms with E-state index in [9.17, 15) is 10.2 Å². The van der Waals surface area contributed by atoms with E-state index >= 15 is 0 Å². The average Bonchev–Trinajstić information content (AvgIpc) is 2.88. The van der Waals surface area contributed by atoms with Crippen molar-refractivity contribution in [2.75, 3.05) is 5.73 Å². The fourth-order valence-electron chi connectivity index (χ4n) is 2.04. The molecule has 0 aliphatic heterocycles. The second-order valence-corrected chi connectivity index (χ2v) is 4.50. The minimum absolute atomic E-state index is 0.205. The second-order valence-electron chi connectivity index (χ2n) is 4.06. The number of hydrogen-bond donors (Lipinski definition) is 3. The Hall–Kier alpha value is -1.70. The maximum atomic E-state index is 9.92. The van der Waals surface area contributed by atoms with Crippen LogP contribution in [0.25, 0.3) is 11.2 Å². The Balaban J connectivity index is 2.14.